The number of primary amides is 1. The molecule has 0 spiro atoms. The Morgan fingerprint density at radius 3 is 2.64 bits per heavy atom. The van der Waals surface area contributed by atoms with Gasteiger partial charge in [-0.05, 0) is 24.0 Å². The summed E-state index contributed by atoms with van der Waals surface area (Å²) in [5.41, 5.74) is 6.33. The molecule has 2 rings (SSSR count). The lowest BCUT2D eigenvalue weighted by molar-refractivity contribution is -0.122. The van der Waals surface area contributed by atoms with E-state index in [1.165, 1.54) is 0 Å². The van der Waals surface area contributed by atoms with E-state index in [1.54, 1.807) is 6.20 Å². The third-order valence-corrected chi connectivity index (χ3v) is 4.31. The summed E-state index contributed by atoms with van der Waals surface area (Å²) in [6.45, 7) is 8.59. The molecule has 0 aliphatic carbocycles. The van der Waals surface area contributed by atoms with Crippen molar-refractivity contribution in [3.63, 3.8) is 0 Å². The Labute approximate surface area is 148 Å². The van der Waals surface area contributed by atoms with E-state index in [1.807, 2.05) is 43.7 Å². The van der Waals surface area contributed by atoms with E-state index in [0.29, 0.717) is 5.56 Å². The first-order chi connectivity index (χ1) is 11.8. The number of aryl methyl sites for hydroxylation is 1. The average molecular weight is 344 g/mol. The van der Waals surface area contributed by atoms with E-state index >= 15 is 0 Å². The van der Waals surface area contributed by atoms with Crippen molar-refractivity contribution in [3.05, 3.63) is 30.1 Å². The molecule has 3 N–H and O–H groups in total. The van der Waals surface area contributed by atoms with Gasteiger partial charge in [0.05, 0.1) is 5.56 Å². The topological polar surface area (TPSA) is 90.0 Å². The number of carbonyl (C=O) groups is 2. The molecule has 0 aliphatic rings. The molecule has 136 valence electrons. The lowest BCUT2D eigenvalue weighted by atomic mass is 9.86. The first-order valence-corrected chi connectivity index (χ1v) is 8.79. The predicted molar refractivity (Wildman–Crippen MR) is 99.2 cm³/mol. The fraction of sp³-hybridized carbons (Fsp3) is 0.526. The largest absolute Gasteiger partial charge is 0.368 e. The smallest absolute Gasteiger partial charge is 0.254 e. The minimum absolute atomic E-state index is 0.300. The summed E-state index contributed by atoms with van der Waals surface area (Å²) in [6, 6.07) is 2.95. The van der Waals surface area contributed by atoms with E-state index < -0.39 is 17.4 Å². The maximum absolute atomic E-state index is 12.8. The first-order valence-electron chi connectivity index (χ1n) is 8.79. The van der Waals surface area contributed by atoms with E-state index in [4.69, 9.17) is 5.73 Å². The summed E-state index contributed by atoms with van der Waals surface area (Å²) in [4.78, 5) is 29.0. The van der Waals surface area contributed by atoms with Crippen LogP contribution in [0.15, 0.2) is 24.5 Å². The zero-order chi connectivity index (χ0) is 18.6. The van der Waals surface area contributed by atoms with Crippen LogP contribution in [0.4, 0.5) is 0 Å². The van der Waals surface area contributed by atoms with Crippen molar-refractivity contribution in [1.29, 1.82) is 0 Å². The van der Waals surface area contributed by atoms with Crippen molar-refractivity contribution in [3.8, 4) is 0 Å². The van der Waals surface area contributed by atoms with Gasteiger partial charge in [0, 0.05) is 24.3 Å². The zero-order valence-corrected chi connectivity index (χ0v) is 15.5. The third-order valence-electron chi connectivity index (χ3n) is 4.31. The summed E-state index contributed by atoms with van der Waals surface area (Å²) in [5, 5.41) is 3.58. The molecule has 0 aliphatic heterocycles. The standard InChI is InChI=1S/C19H28N4O2/c1-5-6-7-11-23-12-14(13-9-8-10-21-17(13)23)18(25)22-15(16(20)24)19(2,3)4/h8-10,12,15H,5-7,11H2,1-4H3,(H2,20,24)(H,22,25). The van der Waals surface area contributed by atoms with Crippen molar-refractivity contribution in [2.24, 2.45) is 11.1 Å². The summed E-state index contributed by atoms with van der Waals surface area (Å²) < 4.78 is 2.01. The van der Waals surface area contributed by atoms with Crippen LogP contribution in [0.25, 0.3) is 11.0 Å². The van der Waals surface area contributed by atoms with Gasteiger partial charge in [-0.25, -0.2) is 4.98 Å². The number of nitrogens with zero attached hydrogens (tertiary/aromatic N) is 2. The molecule has 2 heterocycles. The second kappa shape index (κ2) is 7.68. The van der Waals surface area contributed by atoms with Crippen molar-refractivity contribution in [1.82, 2.24) is 14.9 Å². The summed E-state index contributed by atoms with van der Waals surface area (Å²) in [6.07, 6.45) is 6.84. The van der Waals surface area contributed by atoms with Crippen LogP contribution in [0.3, 0.4) is 0 Å². The van der Waals surface area contributed by atoms with Gasteiger partial charge in [0.1, 0.15) is 11.7 Å². The van der Waals surface area contributed by atoms with Crippen molar-refractivity contribution in [2.75, 3.05) is 0 Å². The van der Waals surface area contributed by atoms with Crippen molar-refractivity contribution in [2.45, 2.75) is 59.5 Å². The van der Waals surface area contributed by atoms with Gasteiger partial charge in [0.2, 0.25) is 5.91 Å². The number of unbranched alkanes of at least 4 members (excludes halogenated alkanes) is 2. The number of aromatic nitrogens is 2. The Morgan fingerprint density at radius 1 is 1.32 bits per heavy atom. The van der Waals surface area contributed by atoms with E-state index in [0.717, 1.165) is 36.8 Å². The lowest BCUT2D eigenvalue weighted by Crippen LogP contribution is -2.52. The fourth-order valence-electron chi connectivity index (χ4n) is 2.93. The Kier molecular flexibility index (Phi) is 5.82. The van der Waals surface area contributed by atoms with Gasteiger partial charge in [0.15, 0.2) is 0 Å². The molecule has 0 saturated heterocycles. The number of carbonyl (C=O) groups excluding carboxylic acids is 2. The van der Waals surface area contributed by atoms with Gasteiger partial charge in [-0.1, -0.05) is 40.5 Å². The number of rotatable bonds is 7. The first kappa shape index (κ1) is 19.0. The number of nitrogens with one attached hydrogen (secondary N) is 1. The monoisotopic (exact) mass is 344 g/mol. The van der Waals surface area contributed by atoms with E-state index in [2.05, 4.69) is 17.2 Å². The molecule has 25 heavy (non-hydrogen) atoms. The Balaban J connectivity index is 2.33. The molecule has 2 amide bonds. The maximum Gasteiger partial charge on any atom is 0.254 e. The summed E-state index contributed by atoms with van der Waals surface area (Å²) >= 11 is 0. The molecule has 0 bridgehead atoms. The number of fused-ring (bicyclic) bond motifs is 1. The molecule has 0 fully saturated rings. The van der Waals surface area contributed by atoms with Gasteiger partial charge in [0.25, 0.3) is 5.91 Å². The SMILES string of the molecule is CCCCCn1cc(C(=O)NC(C(N)=O)C(C)(C)C)c2cccnc21. The molecule has 0 radical (unpaired) electrons. The Hall–Kier alpha value is -2.37. The molecular weight excluding hydrogens is 316 g/mol. The van der Waals surface area contributed by atoms with Crippen LogP contribution in [0.2, 0.25) is 0 Å². The highest BCUT2D eigenvalue weighted by Gasteiger charge is 2.32. The number of hydrogen-bond acceptors (Lipinski definition) is 3. The molecule has 2 aromatic rings. The van der Waals surface area contributed by atoms with Gasteiger partial charge in [-0.2, -0.15) is 0 Å². The van der Waals surface area contributed by atoms with Gasteiger partial charge in [-0.3, -0.25) is 9.59 Å². The molecule has 6 nitrogen and oxygen atoms in total. The molecule has 6 heteroatoms. The van der Waals surface area contributed by atoms with Gasteiger partial charge in [-0.15, -0.1) is 0 Å². The van der Waals surface area contributed by atoms with Crippen LogP contribution >= 0.6 is 0 Å². The van der Waals surface area contributed by atoms with Crippen LogP contribution in [0.1, 0.15) is 57.3 Å². The maximum atomic E-state index is 12.8. The van der Waals surface area contributed by atoms with Crippen molar-refractivity contribution >= 4 is 22.8 Å². The molecule has 0 aromatic carbocycles. The van der Waals surface area contributed by atoms with Gasteiger partial charge < -0.3 is 15.6 Å². The molecule has 1 atom stereocenters. The molecule has 1 unspecified atom stereocenters. The third kappa shape index (κ3) is 4.38. The highest BCUT2D eigenvalue weighted by Crippen LogP contribution is 2.23. The Morgan fingerprint density at radius 2 is 2.04 bits per heavy atom. The molecular formula is C19H28N4O2. The van der Waals surface area contributed by atoms with Crippen LogP contribution in [-0.4, -0.2) is 27.4 Å². The number of pyridine rings is 1. The minimum atomic E-state index is -0.741. The number of amides is 2. The lowest BCUT2D eigenvalue weighted by Gasteiger charge is -2.28. The van der Waals surface area contributed by atoms with Crippen LogP contribution in [-0.2, 0) is 11.3 Å². The second-order valence-electron chi connectivity index (χ2n) is 7.49. The Bertz CT molecular complexity index is 758. The normalized spacial score (nSPS) is 13.0. The van der Waals surface area contributed by atoms with E-state index in [9.17, 15) is 9.59 Å². The highest BCUT2D eigenvalue weighted by molar-refractivity contribution is 6.07. The number of nitrogens with two attached hydrogens (primary N) is 1. The van der Waals surface area contributed by atoms with Crippen LogP contribution in [0, 0.1) is 5.41 Å². The van der Waals surface area contributed by atoms with E-state index in [-0.39, 0.29) is 5.91 Å². The summed E-state index contributed by atoms with van der Waals surface area (Å²) in [7, 11) is 0. The van der Waals surface area contributed by atoms with Crippen LogP contribution < -0.4 is 11.1 Å². The summed E-state index contributed by atoms with van der Waals surface area (Å²) in [5.74, 6) is -0.836. The van der Waals surface area contributed by atoms with Gasteiger partial charge >= 0.3 is 0 Å². The highest BCUT2D eigenvalue weighted by atomic mass is 16.2. The fourth-order valence-corrected chi connectivity index (χ4v) is 2.93. The molecule has 2 aromatic heterocycles. The number of hydrogen-bond donors (Lipinski definition) is 2. The second-order valence-corrected chi connectivity index (χ2v) is 7.49. The molecule has 0 saturated carbocycles. The quantitative estimate of drug-likeness (QED) is 0.757. The predicted octanol–water partition coefficient (Wildman–Crippen LogP) is 2.86. The van der Waals surface area contributed by atoms with Crippen LogP contribution in [0.5, 0.6) is 0 Å². The van der Waals surface area contributed by atoms with Crippen molar-refractivity contribution < 1.29 is 9.59 Å². The minimum Gasteiger partial charge on any atom is -0.368 e. The zero-order valence-electron chi connectivity index (χ0n) is 15.5. The average Bonchev–Trinajstić information content (AvgIpc) is 2.90.